The minimum atomic E-state index is -0.522. The van der Waals surface area contributed by atoms with Gasteiger partial charge in [-0.2, -0.15) is 0 Å². The minimum Gasteiger partial charge on any atom is -0.495 e. The van der Waals surface area contributed by atoms with Crippen molar-refractivity contribution in [1.82, 2.24) is 0 Å². The lowest BCUT2D eigenvalue weighted by molar-refractivity contribution is -0.122. The van der Waals surface area contributed by atoms with Crippen LogP contribution in [0, 0.1) is 25.6 Å². The van der Waals surface area contributed by atoms with Gasteiger partial charge in [0, 0.05) is 29.9 Å². The number of methoxy groups -OCH3 is 1. The molecular formula is C27H26FN3O4. The molecule has 7 nitrogen and oxygen atoms in total. The van der Waals surface area contributed by atoms with Crippen molar-refractivity contribution in [2.45, 2.75) is 20.3 Å². The molecule has 0 aromatic heterocycles. The molecule has 2 N–H and O–H groups in total. The topological polar surface area (TPSA) is 87.7 Å². The Labute approximate surface area is 202 Å². The molecule has 1 unspecified atom stereocenters. The van der Waals surface area contributed by atoms with Crippen LogP contribution in [0.1, 0.15) is 27.9 Å². The first-order valence-electron chi connectivity index (χ1n) is 11.2. The van der Waals surface area contributed by atoms with Gasteiger partial charge in [0.2, 0.25) is 11.8 Å². The van der Waals surface area contributed by atoms with E-state index < -0.39 is 17.6 Å². The molecule has 1 fully saturated rings. The lowest BCUT2D eigenvalue weighted by atomic mass is 10.1. The van der Waals surface area contributed by atoms with Crippen molar-refractivity contribution in [3.05, 3.63) is 83.2 Å². The molecule has 0 spiro atoms. The fourth-order valence-electron chi connectivity index (χ4n) is 4.10. The van der Waals surface area contributed by atoms with Gasteiger partial charge in [-0.15, -0.1) is 0 Å². The van der Waals surface area contributed by atoms with Crippen molar-refractivity contribution >= 4 is 34.8 Å². The molecule has 3 aromatic carbocycles. The summed E-state index contributed by atoms with van der Waals surface area (Å²) in [5, 5.41) is 5.52. The van der Waals surface area contributed by atoms with Crippen molar-refractivity contribution in [1.29, 1.82) is 0 Å². The molecule has 8 heteroatoms. The molecule has 1 heterocycles. The van der Waals surface area contributed by atoms with Gasteiger partial charge in [-0.1, -0.05) is 18.2 Å². The summed E-state index contributed by atoms with van der Waals surface area (Å²) in [7, 11) is 1.46. The van der Waals surface area contributed by atoms with Crippen molar-refractivity contribution in [3.63, 3.8) is 0 Å². The number of halogens is 1. The average Bonchev–Trinajstić information content (AvgIpc) is 3.22. The van der Waals surface area contributed by atoms with Gasteiger partial charge in [-0.05, 0) is 67.4 Å². The Morgan fingerprint density at radius 1 is 1.03 bits per heavy atom. The first kappa shape index (κ1) is 23.9. The summed E-state index contributed by atoms with van der Waals surface area (Å²) in [5.41, 5.74) is 3.81. The Hall–Kier alpha value is -4.20. The highest BCUT2D eigenvalue weighted by molar-refractivity contribution is 6.06. The highest BCUT2D eigenvalue weighted by Gasteiger charge is 2.35. The summed E-state index contributed by atoms with van der Waals surface area (Å²) in [6.45, 7) is 4.23. The second kappa shape index (κ2) is 9.97. The highest BCUT2D eigenvalue weighted by atomic mass is 19.1. The molecule has 0 radical (unpaired) electrons. The van der Waals surface area contributed by atoms with Crippen molar-refractivity contribution < 1.29 is 23.5 Å². The SMILES string of the molecule is COc1ccc(NC(=O)C2CC(=O)N(c3cccc(C)c3C)C2)cc1NC(=O)c1cccc(F)c1. The normalized spacial score (nSPS) is 15.1. The number of rotatable bonds is 6. The molecule has 1 atom stereocenters. The number of carbonyl (C=O) groups excluding carboxylic acids is 3. The predicted molar refractivity (Wildman–Crippen MR) is 132 cm³/mol. The second-order valence-corrected chi connectivity index (χ2v) is 8.49. The standard InChI is InChI=1S/C27H26FN3O4/c1-16-6-4-9-23(17(16)2)31-15-19(13-25(31)32)27(34)29-21-10-11-24(35-3)22(14-21)30-26(33)18-7-5-8-20(28)12-18/h4-12,14,19H,13,15H2,1-3H3,(H,29,34)(H,30,33). The first-order chi connectivity index (χ1) is 16.8. The Morgan fingerprint density at radius 3 is 2.54 bits per heavy atom. The van der Waals surface area contributed by atoms with Gasteiger partial charge in [-0.25, -0.2) is 4.39 Å². The zero-order valence-electron chi connectivity index (χ0n) is 19.7. The monoisotopic (exact) mass is 475 g/mol. The first-order valence-corrected chi connectivity index (χ1v) is 11.2. The van der Waals surface area contributed by atoms with Crippen LogP contribution in [-0.2, 0) is 9.59 Å². The summed E-state index contributed by atoms with van der Waals surface area (Å²) in [6.07, 6.45) is 0.110. The Kier molecular flexibility index (Phi) is 6.82. The van der Waals surface area contributed by atoms with Gasteiger partial charge in [0.1, 0.15) is 11.6 Å². The molecule has 0 bridgehead atoms. The van der Waals surface area contributed by atoms with E-state index in [4.69, 9.17) is 4.74 Å². The molecule has 1 aliphatic rings. The van der Waals surface area contributed by atoms with Crippen LogP contribution in [-0.4, -0.2) is 31.4 Å². The van der Waals surface area contributed by atoms with Crippen LogP contribution in [0.4, 0.5) is 21.5 Å². The van der Waals surface area contributed by atoms with E-state index in [0.717, 1.165) is 22.9 Å². The number of nitrogens with one attached hydrogen (secondary N) is 2. The summed E-state index contributed by atoms with van der Waals surface area (Å²) in [6, 6.07) is 15.9. The van der Waals surface area contributed by atoms with Crippen molar-refractivity contribution in [3.8, 4) is 5.75 Å². The maximum atomic E-state index is 13.5. The number of ether oxygens (including phenoxy) is 1. The number of nitrogens with zero attached hydrogens (tertiary/aromatic N) is 1. The summed E-state index contributed by atoms with van der Waals surface area (Å²) in [4.78, 5) is 39.9. The second-order valence-electron chi connectivity index (χ2n) is 8.49. The van der Waals surface area contributed by atoms with E-state index in [1.807, 2.05) is 32.0 Å². The number of hydrogen-bond acceptors (Lipinski definition) is 4. The number of anilines is 3. The van der Waals surface area contributed by atoms with Gasteiger partial charge in [0.25, 0.3) is 5.91 Å². The smallest absolute Gasteiger partial charge is 0.255 e. The molecule has 3 amide bonds. The fraction of sp³-hybridized carbons (Fsp3) is 0.222. The fourth-order valence-corrected chi connectivity index (χ4v) is 4.10. The summed E-state index contributed by atoms with van der Waals surface area (Å²) >= 11 is 0. The number of carbonyl (C=O) groups is 3. The molecule has 35 heavy (non-hydrogen) atoms. The maximum absolute atomic E-state index is 13.5. The predicted octanol–water partition coefficient (Wildman–Crippen LogP) is 4.70. The van der Waals surface area contributed by atoms with Crippen LogP contribution in [0.15, 0.2) is 60.7 Å². The van der Waals surface area contributed by atoms with E-state index in [0.29, 0.717) is 17.1 Å². The summed E-state index contributed by atoms with van der Waals surface area (Å²) in [5.74, 6) is -1.57. The zero-order chi connectivity index (χ0) is 25.1. The van der Waals surface area contributed by atoms with Crippen LogP contribution in [0.2, 0.25) is 0 Å². The van der Waals surface area contributed by atoms with E-state index in [1.165, 1.54) is 25.3 Å². The van der Waals surface area contributed by atoms with Gasteiger partial charge in [-0.3, -0.25) is 14.4 Å². The number of hydrogen-bond donors (Lipinski definition) is 2. The lowest BCUT2D eigenvalue weighted by Gasteiger charge is -2.20. The largest absolute Gasteiger partial charge is 0.495 e. The summed E-state index contributed by atoms with van der Waals surface area (Å²) < 4.78 is 18.8. The van der Waals surface area contributed by atoms with Gasteiger partial charge in [0.15, 0.2) is 0 Å². The van der Waals surface area contributed by atoms with Crippen LogP contribution >= 0.6 is 0 Å². The molecule has 1 saturated heterocycles. The molecule has 3 aromatic rings. The van der Waals surface area contributed by atoms with Crippen LogP contribution in [0.3, 0.4) is 0 Å². The Bertz CT molecular complexity index is 1310. The molecule has 1 aliphatic heterocycles. The lowest BCUT2D eigenvalue weighted by Crippen LogP contribution is -2.28. The molecule has 0 aliphatic carbocycles. The Balaban J connectivity index is 1.48. The van der Waals surface area contributed by atoms with Crippen molar-refractivity contribution in [2.75, 3.05) is 29.2 Å². The molecule has 180 valence electrons. The number of benzene rings is 3. The van der Waals surface area contributed by atoms with Gasteiger partial charge >= 0.3 is 0 Å². The van der Waals surface area contributed by atoms with Crippen LogP contribution in [0.5, 0.6) is 5.75 Å². The van der Waals surface area contributed by atoms with E-state index >= 15 is 0 Å². The third-order valence-electron chi connectivity index (χ3n) is 6.16. The quantitative estimate of drug-likeness (QED) is 0.541. The van der Waals surface area contributed by atoms with E-state index in [-0.39, 0.29) is 30.3 Å². The Morgan fingerprint density at radius 2 is 1.80 bits per heavy atom. The maximum Gasteiger partial charge on any atom is 0.255 e. The highest BCUT2D eigenvalue weighted by Crippen LogP contribution is 2.32. The van der Waals surface area contributed by atoms with Crippen LogP contribution < -0.4 is 20.3 Å². The van der Waals surface area contributed by atoms with Gasteiger partial charge in [0.05, 0.1) is 18.7 Å². The van der Waals surface area contributed by atoms with Gasteiger partial charge < -0.3 is 20.3 Å². The van der Waals surface area contributed by atoms with E-state index in [1.54, 1.807) is 23.1 Å². The minimum absolute atomic E-state index is 0.100. The molecular weight excluding hydrogens is 449 g/mol. The third kappa shape index (κ3) is 5.16. The third-order valence-corrected chi connectivity index (χ3v) is 6.16. The number of aryl methyl sites for hydroxylation is 1. The van der Waals surface area contributed by atoms with Crippen molar-refractivity contribution in [2.24, 2.45) is 5.92 Å². The molecule has 0 saturated carbocycles. The average molecular weight is 476 g/mol. The molecule has 4 rings (SSSR count). The number of amides is 3. The van der Waals surface area contributed by atoms with E-state index in [9.17, 15) is 18.8 Å². The van der Waals surface area contributed by atoms with Crippen LogP contribution in [0.25, 0.3) is 0 Å². The van der Waals surface area contributed by atoms with E-state index in [2.05, 4.69) is 10.6 Å². The zero-order valence-corrected chi connectivity index (χ0v) is 19.7.